The number of benzene rings is 1. The highest BCUT2D eigenvalue weighted by Gasteiger charge is 2.23. The van der Waals surface area contributed by atoms with Gasteiger partial charge in [0.15, 0.2) is 0 Å². The number of carbonyl (C=O) groups excluding carboxylic acids is 1. The second-order valence-corrected chi connectivity index (χ2v) is 6.32. The molecule has 5 nitrogen and oxygen atoms in total. The van der Waals surface area contributed by atoms with Crippen LogP contribution >= 0.6 is 0 Å². The van der Waals surface area contributed by atoms with Gasteiger partial charge >= 0.3 is 0 Å². The molecule has 1 fully saturated rings. The minimum Gasteiger partial charge on any atom is -0.354 e. The maximum absolute atomic E-state index is 12.9. The Morgan fingerprint density at radius 2 is 2.08 bits per heavy atom. The first kappa shape index (κ1) is 17.3. The molecule has 25 heavy (non-hydrogen) atoms. The molecule has 1 aromatic heterocycles. The lowest BCUT2D eigenvalue weighted by atomic mass is 10.00. The van der Waals surface area contributed by atoms with E-state index >= 15 is 0 Å². The molecular formula is C19H23FN4O. The van der Waals surface area contributed by atoms with Crippen molar-refractivity contribution in [3.63, 3.8) is 0 Å². The molecule has 3 rings (SSSR count). The van der Waals surface area contributed by atoms with Gasteiger partial charge < -0.3 is 10.2 Å². The molecule has 1 aromatic carbocycles. The van der Waals surface area contributed by atoms with Crippen LogP contribution in [0.1, 0.15) is 48.7 Å². The van der Waals surface area contributed by atoms with Crippen LogP contribution in [0.5, 0.6) is 0 Å². The second-order valence-electron chi connectivity index (χ2n) is 6.32. The van der Waals surface area contributed by atoms with Crippen LogP contribution < -0.4 is 10.2 Å². The first-order valence-electron chi connectivity index (χ1n) is 8.78. The molecule has 0 aliphatic carbocycles. The number of nitrogens with one attached hydrogen (secondary N) is 1. The number of hydrogen-bond donors (Lipinski definition) is 1. The Labute approximate surface area is 147 Å². The van der Waals surface area contributed by atoms with E-state index in [0.29, 0.717) is 18.3 Å². The average Bonchev–Trinajstić information content (AvgIpc) is 2.67. The van der Waals surface area contributed by atoms with Crippen LogP contribution in [0.3, 0.4) is 0 Å². The first-order chi connectivity index (χ1) is 12.2. The van der Waals surface area contributed by atoms with Gasteiger partial charge in [-0.25, -0.2) is 14.4 Å². The van der Waals surface area contributed by atoms with Crippen LogP contribution in [0.2, 0.25) is 0 Å². The van der Waals surface area contributed by atoms with Crippen molar-refractivity contribution >= 4 is 11.7 Å². The summed E-state index contributed by atoms with van der Waals surface area (Å²) in [6.45, 7) is 3.48. The number of rotatable bonds is 5. The monoisotopic (exact) mass is 342 g/mol. The highest BCUT2D eigenvalue weighted by atomic mass is 19.1. The zero-order chi connectivity index (χ0) is 17.6. The summed E-state index contributed by atoms with van der Waals surface area (Å²) in [6.07, 6.45) is 6.06. The molecule has 1 atom stereocenters. The Hall–Kier alpha value is -2.50. The molecular weight excluding hydrogens is 319 g/mol. The van der Waals surface area contributed by atoms with Gasteiger partial charge in [-0.2, -0.15) is 0 Å². The van der Waals surface area contributed by atoms with Crippen LogP contribution in [0, 0.1) is 5.82 Å². The van der Waals surface area contributed by atoms with Crippen LogP contribution in [-0.2, 0) is 6.54 Å². The van der Waals surface area contributed by atoms with Crippen LogP contribution in [0.4, 0.5) is 10.2 Å². The third kappa shape index (κ3) is 4.32. The van der Waals surface area contributed by atoms with Gasteiger partial charge in [0, 0.05) is 25.2 Å². The van der Waals surface area contributed by atoms with Crippen LogP contribution in [-0.4, -0.2) is 28.5 Å². The number of piperidine rings is 1. The van der Waals surface area contributed by atoms with Gasteiger partial charge in [-0.05, 0) is 43.4 Å². The summed E-state index contributed by atoms with van der Waals surface area (Å²) < 4.78 is 12.9. The van der Waals surface area contributed by atoms with Gasteiger partial charge in [0.1, 0.15) is 23.7 Å². The maximum atomic E-state index is 12.9. The van der Waals surface area contributed by atoms with E-state index < -0.39 is 0 Å². The average molecular weight is 342 g/mol. The lowest BCUT2D eigenvalue weighted by Crippen LogP contribution is -2.39. The van der Waals surface area contributed by atoms with Crippen molar-refractivity contribution < 1.29 is 9.18 Å². The molecule has 1 aliphatic rings. The molecule has 132 valence electrons. The maximum Gasteiger partial charge on any atom is 0.270 e. The minimum atomic E-state index is -0.289. The molecule has 1 N–H and O–H groups in total. The van der Waals surface area contributed by atoms with E-state index in [1.54, 1.807) is 18.2 Å². The van der Waals surface area contributed by atoms with E-state index in [-0.39, 0.29) is 11.7 Å². The molecule has 6 heteroatoms. The normalized spacial score (nSPS) is 17.4. The number of hydrogen-bond acceptors (Lipinski definition) is 4. The fourth-order valence-corrected chi connectivity index (χ4v) is 3.23. The van der Waals surface area contributed by atoms with E-state index in [4.69, 9.17) is 0 Å². The van der Waals surface area contributed by atoms with E-state index in [1.807, 2.05) is 0 Å². The number of halogens is 1. The van der Waals surface area contributed by atoms with Crippen molar-refractivity contribution in [3.8, 4) is 0 Å². The Kier molecular flexibility index (Phi) is 5.58. The number of amides is 1. The SMILES string of the molecule is CCC1CCCCN1c1cc(C(=O)NCc2ccc(F)cc2)ncn1. The Bertz CT molecular complexity index is 720. The topological polar surface area (TPSA) is 58.1 Å². The minimum absolute atomic E-state index is 0.252. The summed E-state index contributed by atoms with van der Waals surface area (Å²) in [4.78, 5) is 23.1. The number of anilines is 1. The fraction of sp³-hybridized carbons (Fsp3) is 0.421. The quantitative estimate of drug-likeness (QED) is 0.906. The first-order valence-corrected chi connectivity index (χ1v) is 8.78. The van der Waals surface area contributed by atoms with Gasteiger partial charge in [0.2, 0.25) is 0 Å². The Balaban J connectivity index is 1.67. The van der Waals surface area contributed by atoms with Gasteiger partial charge in [-0.3, -0.25) is 4.79 Å². The Morgan fingerprint density at radius 1 is 1.28 bits per heavy atom. The zero-order valence-electron chi connectivity index (χ0n) is 14.4. The third-order valence-electron chi connectivity index (χ3n) is 4.64. The summed E-state index contributed by atoms with van der Waals surface area (Å²) in [5.41, 5.74) is 1.19. The molecule has 1 unspecified atom stereocenters. The molecule has 2 heterocycles. The number of aromatic nitrogens is 2. The van der Waals surface area contributed by atoms with Crippen molar-refractivity contribution in [1.29, 1.82) is 0 Å². The van der Waals surface area contributed by atoms with Gasteiger partial charge in [-0.1, -0.05) is 19.1 Å². The van der Waals surface area contributed by atoms with E-state index in [1.165, 1.54) is 24.9 Å². The number of carbonyl (C=O) groups is 1. The van der Waals surface area contributed by atoms with E-state index in [2.05, 4.69) is 27.1 Å². The zero-order valence-corrected chi connectivity index (χ0v) is 14.4. The summed E-state index contributed by atoms with van der Waals surface area (Å²) in [5.74, 6) is 0.272. The molecule has 0 bridgehead atoms. The summed E-state index contributed by atoms with van der Waals surface area (Å²) in [6, 6.07) is 8.30. The van der Waals surface area contributed by atoms with Crippen molar-refractivity contribution in [3.05, 3.63) is 53.7 Å². The lowest BCUT2D eigenvalue weighted by Gasteiger charge is -2.36. The molecule has 1 saturated heterocycles. The smallest absolute Gasteiger partial charge is 0.270 e. The molecule has 1 aliphatic heterocycles. The van der Waals surface area contributed by atoms with Crippen LogP contribution in [0.25, 0.3) is 0 Å². The summed E-state index contributed by atoms with van der Waals surface area (Å²) in [7, 11) is 0. The van der Waals surface area contributed by atoms with Crippen molar-refractivity contribution in [2.75, 3.05) is 11.4 Å². The predicted molar refractivity (Wildman–Crippen MR) is 94.9 cm³/mol. The molecule has 2 aromatic rings. The third-order valence-corrected chi connectivity index (χ3v) is 4.64. The van der Waals surface area contributed by atoms with Gasteiger partial charge in [0.05, 0.1) is 0 Å². The van der Waals surface area contributed by atoms with Crippen molar-refractivity contribution in [1.82, 2.24) is 15.3 Å². The van der Waals surface area contributed by atoms with Gasteiger partial charge in [-0.15, -0.1) is 0 Å². The summed E-state index contributed by atoms with van der Waals surface area (Å²) in [5, 5.41) is 2.82. The second kappa shape index (κ2) is 8.05. The highest BCUT2D eigenvalue weighted by molar-refractivity contribution is 5.92. The van der Waals surface area contributed by atoms with E-state index in [0.717, 1.165) is 37.2 Å². The van der Waals surface area contributed by atoms with Crippen molar-refractivity contribution in [2.24, 2.45) is 0 Å². The van der Waals surface area contributed by atoms with Crippen molar-refractivity contribution in [2.45, 2.75) is 45.2 Å². The van der Waals surface area contributed by atoms with Gasteiger partial charge in [0.25, 0.3) is 5.91 Å². The molecule has 0 radical (unpaired) electrons. The predicted octanol–water partition coefficient (Wildman–Crippen LogP) is 3.31. The van der Waals surface area contributed by atoms with Crippen LogP contribution in [0.15, 0.2) is 36.7 Å². The number of nitrogens with zero attached hydrogens (tertiary/aromatic N) is 3. The van der Waals surface area contributed by atoms with E-state index in [9.17, 15) is 9.18 Å². The molecule has 0 saturated carbocycles. The largest absolute Gasteiger partial charge is 0.354 e. The molecule has 1 amide bonds. The molecule has 0 spiro atoms. The lowest BCUT2D eigenvalue weighted by molar-refractivity contribution is 0.0945. The standard InChI is InChI=1S/C19H23FN4O/c1-2-16-5-3-4-10-24(16)18-11-17(22-13-23-18)19(25)21-12-14-6-8-15(20)9-7-14/h6-9,11,13,16H,2-5,10,12H2,1H3,(H,21,25). The Morgan fingerprint density at radius 3 is 2.84 bits per heavy atom. The highest BCUT2D eigenvalue weighted by Crippen LogP contribution is 2.24. The summed E-state index contributed by atoms with van der Waals surface area (Å²) >= 11 is 0. The fourth-order valence-electron chi connectivity index (χ4n) is 3.23.